The van der Waals surface area contributed by atoms with Crippen molar-refractivity contribution in [2.75, 3.05) is 6.54 Å². The number of amides is 1. The highest BCUT2D eigenvalue weighted by Crippen LogP contribution is 1.94. The van der Waals surface area contributed by atoms with Gasteiger partial charge in [0.2, 0.25) is 6.29 Å². The predicted octanol–water partition coefficient (Wildman–Crippen LogP) is -0.752. The first kappa shape index (κ1) is 10.3. The molecule has 5 heteroatoms. The fourth-order valence-electron chi connectivity index (χ4n) is 0.843. The van der Waals surface area contributed by atoms with Gasteiger partial charge in [-0.1, -0.05) is 0 Å². The summed E-state index contributed by atoms with van der Waals surface area (Å²) in [5, 5.41) is 2.48. The molecule has 0 aliphatic heterocycles. The average molecular weight is 192 g/mol. The molecule has 73 valence electrons. The van der Waals surface area contributed by atoms with Crippen LogP contribution in [0, 0.1) is 0 Å². The lowest BCUT2D eigenvalue weighted by atomic mass is 10.2. The third-order valence-corrected chi connectivity index (χ3v) is 1.56. The quantitative estimate of drug-likeness (QED) is 0.657. The molecule has 1 aromatic rings. The van der Waals surface area contributed by atoms with Crippen molar-refractivity contribution >= 4 is 12.2 Å². The lowest BCUT2D eigenvalue weighted by Gasteiger charge is -2.05. The molecule has 1 atom stereocenters. The van der Waals surface area contributed by atoms with E-state index in [1.807, 2.05) is 0 Å². The van der Waals surface area contributed by atoms with Gasteiger partial charge in [-0.2, -0.15) is 0 Å². The third-order valence-electron chi connectivity index (χ3n) is 1.56. The molecule has 5 nitrogen and oxygen atoms in total. The van der Waals surface area contributed by atoms with Crippen molar-refractivity contribution in [3.8, 4) is 0 Å². The van der Waals surface area contributed by atoms with Crippen LogP contribution in [0.25, 0.3) is 0 Å². The second-order valence-corrected chi connectivity index (χ2v) is 2.68. The van der Waals surface area contributed by atoms with Crippen LogP contribution in [0.15, 0.2) is 24.5 Å². The van der Waals surface area contributed by atoms with E-state index in [0.29, 0.717) is 5.56 Å². The Balaban J connectivity index is 2.47. The Bertz CT molecular complexity index is 313. The number of nitrogens with two attached hydrogens (primary N) is 1. The Morgan fingerprint density at radius 3 is 3.07 bits per heavy atom. The number of carbonyl (C=O) groups is 1. The molecule has 14 heavy (non-hydrogen) atoms. The Kier molecular flexibility index (Phi) is 3.75. The van der Waals surface area contributed by atoms with E-state index in [-0.39, 0.29) is 12.5 Å². The van der Waals surface area contributed by atoms with Gasteiger partial charge in [0.25, 0.3) is 5.91 Å². The molecule has 0 aliphatic carbocycles. The maximum Gasteiger partial charge on any atom is 0.252 e. The highest BCUT2D eigenvalue weighted by atomic mass is 16.1. The Morgan fingerprint density at radius 2 is 2.50 bits per heavy atom. The molecular formula is C9H10N3O2. The van der Waals surface area contributed by atoms with E-state index in [1.54, 1.807) is 24.6 Å². The van der Waals surface area contributed by atoms with Crippen LogP contribution in [-0.2, 0) is 4.79 Å². The fraction of sp³-hybridized carbons (Fsp3) is 0.222. The summed E-state index contributed by atoms with van der Waals surface area (Å²) in [5.41, 5.74) is 5.68. The van der Waals surface area contributed by atoms with Crippen LogP contribution in [0.5, 0.6) is 0 Å². The van der Waals surface area contributed by atoms with Gasteiger partial charge in [0.15, 0.2) is 0 Å². The second kappa shape index (κ2) is 5.08. The summed E-state index contributed by atoms with van der Waals surface area (Å²) in [4.78, 5) is 25.2. The van der Waals surface area contributed by atoms with Crippen molar-refractivity contribution < 1.29 is 9.59 Å². The number of aromatic nitrogens is 1. The monoisotopic (exact) mass is 192 g/mol. The summed E-state index contributed by atoms with van der Waals surface area (Å²) in [6, 6.07) is 2.50. The summed E-state index contributed by atoms with van der Waals surface area (Å²) in [6.07, 6.45) is 4.58. The van der Waals surface area contributed by atoms with Gasteiger partial charge in [-0.05, 0) is 12.1 Å². The van der Waals surface area contributed by atoms with Crippen molar-refractivity contribution in [3.63, 3.8) is 0 Å². The summed E-state index contributed by atoms with van der Waals surface area (Å²) in [7, 11) is 0. The minimum Gasteiger partial charge on any atom is -0.350 e. The number of carbonyl (C=O) groups excluding carboxylic acids is 2. The minimum absolute atomic E-state index is 0.0806. The maximum atomic E-state index is 11.3. The highest BCUT2D eigenvalue weighted by molar-refractivity contribution is 5.93. The standard InChI is InChI=1S/C9H10N3O2/c10-8(6-13)5-12-9(14)7-2-1-3-11-4-7/h1-4,8H,5,10H2,(H,12,14). The van der Waals surface area contributed by atoms with Crippen LogP contribution in [0.2, 0.25) is 0 Å². The molecule has 1 amide bonds. The Morgan fingerprint density at radius 1 is 1.71 bits per heavy atom. The molecule has 0 spiro atoms. The summed E-state index contributed by atoms with van der Waals surface area (Å²) >= 11 is 0. The van der Waals surface area contributed by atoms with Crippen molar-refractivity contribution in [2.45, 2.75) is 6.04 Å². The van der Waals surface area contributed by atoms with Crippen LogP contribution in [0.3, 0.4) is 0 Å². The number of nitrogens with one attached hydrogen (secondary N) is 1. The molecule has 0 aliphatic rings. The zero-order valence-electron chi connectivity index (χ0n) is 7.43. The van der Waals surface area contributed by atoms with Crippen LogP contribution in [-0.4, -0.2) is 29.8 Å². The number of hydrogen-bond acceptors (Lipinski definition) is 4. The molecule has 3 N–H and O–H groups in total. The van der Waals surface area contributed by atoms with Crippen LogP contribution < -0.4 is 11.1 Å². The SMILES string of the molecule is NC([C]=O)CNC(=O)c1cccnc1. The van der Waals surface area contributed by atoms with E-state index in [2.05, 4.69) is 10.3 Å². The smallest absolute Gasteiger partial charge is 0.252 e. The second-order valence-electron chi connectivity index (χ2n) is 2.68. The van der Waals surface area contributed by atoms with E-state index >= 15 is 0 Å². The van der Waals surface area contributed by atoms with E-state index in [1.165, 1.54) is 6.20 Å². The van der Waals surface area contributed by atoms with Crippen molar-refractivity contribution in [1.82, 2.24) is 10.3 Å². The van der Waals surface area contributed by atoms with Crippen LogP contribution >= 0.6 is 0 Å². The van der Waals surface area contributed by atoms with E-state index < -0.39 is 6.04 Å². The maximum absolute atomic E-state index is 11.3. The highest BCUT2D eigenvalue weighted by Gasteiger charge is 2.06. The van der Waals surface area contributed by atoms with Gasteiger partial charge < -0.3 is 11.1 Å². The Labute approximate surface area is 81.3 Å². The predicted molar refractivity (Wildman–Crippen MR) is 50.2 cm³/mol. The molecule has 1 aromatic heterocycles. The van der Waals surface area contributed by atoms with Crippen LogP contribution in [0.1, 0.15) is 10.4 Å². The first-order valence-electron chi connectivity index (χ1n) is 4.05. The summed E-state index contributed by atoms with van der Waals surface area (Å²) in [6.45, 7) is 0.0806. The zero-order valence-corrected chi connectivity index (χ0v) is 7.43. The fourth-order valence-corrected chi connectivity index (χ4v) is 0.843. The van der Waals surface area contributed by atoms with E-state index in [9.17, 15) is 9.59 Å². The Hall–Kier alpha value is -1.75. The molecule has 0 aromatic carbocycles. The summed E-state index contributed by atoms with van der Waals surface area (Å²) in [5.74, 6) is -0.302. The van der Waals surface area contributed by atoms with Gasteiger partial charge in [-0.25, -0.2) is 0 Å². The molecule has 1 rings (SSSR count). The van der Waals surface area contributed by atoms with Gasteiger partial charge in [-0.15, -0.1) is 0 Å². The van der Waals surface area contributed by atoms with Crippen molar-refractivity contribution in [1.29, 1.82) is 0 Å². The van der Waals surface area contributed by atoms with E-state index in [0.717, 1.165) is 0 Å². The molecule has 0 saturated carbocycles. The molecule has 1 radical (unpaired) electrons. The van der Waals surface area contributed by atoms with E-state index in [4.69, 9.17) is 5.73 Å². The molecule has 0 bridgehead atoms. The van der Waals surface area contributed by atoms with Gasteiger partial charge in [0.1, 0.15) is 0 Å². The largest absolute Gasteiger partial charge is 0.350 e. The molecule has 1 unspecified atom stereocenters. The zero-order chi connectivity index (χ0) is 10.4. The first-order valence-corrected chi connectivity index (χ1v) is 4.05. The van der Waals surface area contributed by atoms with Crippen molar-refractivity contribution in [3.05, 3.63) is 30.1 Å². The van der Waals surface area contributed by atoms with Crippen molar-refractivity contribution in [2.24, 2.45) is 5.73 Å². The van der Waals surface area contributed by atoms with Crippen LogP contribution in [0.4, 0.5) is 0 Å². The molecular weight excluding hydrogens is 182 g/mol. The lowest BCUT2D eigenvalue weighted by molar-refractivity contribution is 0.0953. The third kappa shape index (κ3) is 2.95. The summed E-state index contributed by atoms with van der Waals surface area (Å²) < 4.78 is 0. The van der Waals surface area contributed by atoms with Gasteiger partial charge in [0.05, 0.1) is 11.6 Å². The molecule has 0 fully saturated rings. The minimum atomic E-state index is -0.782. The topological polar surface area (TPSA) is 85.1 Å². The van der Waals surface area contributed by atoms with Gasteiger partial charge >= 0.3 is 0 Å². The number of pyridine rings is 1. The number of rotatable bonds is 4. The molecule has 1 heterocycles. The first-order chi connectivity index (χ1) is 6.74. The molecule has 0 saturated heterocycles. The number of nitrogens with zero attached hydrogens (tertiary/aromatic N) is 1. The normalized spacial score (nSPS) is 11.8. The van der Waals surface area contributed by atoms with Gasteiger partial charge in [0, 0.05) is 18.9 Å². The lowest BCUT2D eigenvalue weighted by Crippen LogP contribution is -2.38. The van der Waals surface area contributed by atoms with Gasteiger partial charge in [-0.3, -0.25) is 14.6 Å². The number of hydrogen-bond donors (Lipinski definition) is 2. The average Bonchev–Trinajstić information content (AvgIpc) is 2.26.